The van der Waals surface area contributed by atoms with E-state index in [4.69, 9.17) is 14.2 Å². The zero-order chi connectivity index (χ0) is 27.1. The lowest BCUT2D eigenvalue weighted by molar-refractivity contribution is -0.133. The Morgan fingerprint density at radius 3 is 2.62 bits per heavy atom. The molecular formula is C33H43NO5. The third-order valence-corrected chi connectivity index (χ3v) is 9.99. The Bertz CT molecular complexity index is 1160. The highest BCUT2D eigenvalue weighted by Gasteiger charge is 2.51. The Balaban J connectivity index is 1.32. The lowest BCUT2D eigenvalue weighted by Gasteiger charge is -2.49. The Labute approximate surface area is 232 Å². The monoisotopic (exact) mass is 533 g/mol. The van der Waals surface area contributed by atoms with Crippen LogP contribution in [0.2, 0.25) is 0 Å². The quantitative estimate of drug-likeness (QED) is 0.461. The second-order valence-electron chi connectivity index (χ2n) is 12.4. The number of cyclic esters (lactones) is 1. The SMILES string of the molecule is COC1=C(C)C(=O)OC1=C1OC2=CCCN3C(C(O)CC4CCCC4)CC(Cc4ccccc4)CC3C2C1C. The number of carbonyl (C=O) groups is 1. The molecule has 5 aliphatic rings. The van der Waals surface area contributed by atoms with E-state index in [-0.39, 0.29) is 36.0 Å². The highest BCUT2D eigenvalue weighted by Crippen LogP contribution is 2.50. The van der Waals surface area contributed by atoms with Crippen LogP contribution in [0.5, 0.6) is 0 Å². The van der Waals surface area contributed by atoms with Crippen LogP contribution in [0.1, 0.15) is 70.8 Å². The molecule has 6 unspecified atom stereocenters. The molecular weight excluding hydrogens is 490 g/mol. The van der Waals surface area contributed by atoms with Gasteiger partial charge in [-0.05, 0) is 62.5 Å². The summed E-state index contributed by atoms with van der Waals surface area (Å²) in [6.07, 6.45) is 11.9. The maximum atomic E-state index is 12.4. The number of hydrogen-bond donors (Lipinski definition) is 1. The number of allylic oxidation sites excluding steroid dienone is 1. The van der Waals surface area contributed by atoms with E-state index in [0.29, 0.717) is 34.7 Å². The van der Waals surface area contributed by atoms with Crippen molar-refractivity contribution in [1.29, 1.82) is 0 Å². The first kappa shape index (κ1) is 26.6. The number of rotatable bonds is 6. The van der Waals surface area contributed by atoms with E-state index in [1.807, 2.05) is 0 Å². The molecule has 0 radical (unpaired) electrons. The lowest BCUT2D eigenvalue weighted by Crippen LogP contribution is -2.57. The van der Waals surface area contributed by atoms with Gasteiger partial charge in [-0.15, -0.1) is 0 Å². The minimum absolute atomic E-state index is 0.0313. The number of esters is 1. The van der Waals surface area contributed by atoms with Gasteiger partial charge >= 0.3 is 5.97 Å². The van der Waals surface area contributed by atoms with Gasteiger partial charge in [-0.2, -0.15) is 0 Å². The van der Waals surface area contributed by atoms with Crippen molar-refractivity contribution < 1.29 is 24.1 Å². The zero-order valence-corrected chi connectivity index (χ0v) is 23.6. The smallest absolute Gasteiger partial charge is 0.343 e. The van der Waals surface area contributed by atoms with Crippen molar-refractivity contribution in [3.8, 4) is 0 Å². The van der Waals surface area contributed by atoms with E-state index >= 15 is 0 Å². The fourth-order valence-corrected chi connectivity index (χ4v) is 8.11. The van der Waals surface area contributed by atoms with Crippen molar-refractivity contribution >= 4 is 5.97 Å². The van der Waals surface area contributed by atoms with E-state index in [2.05, 4.69) is 48.2 Å². The third-order valence-electron chi connectivity index (χ3n) is 9.99. The summed E-state index contributed by atoms with van der Waals surface area (Å²) in [6, 6.07) is 11.2. The van der Waals surface area contributed by atoms with Crippen LogP contribution in [0.4, 0.5) is 0 Å². The Hall–Kier alpha value is -2.57. The highest BCUT2D eigenvalue weighted by molar-refractivity contribution is 5.93. The van der Waals surface area contributed by atoms with Crippen molar-refractivity contribution in [2.24, 2.45) is 23.7 Å². The number of hydrogen-bond acceptors (Lipinski definition) is 6. The molecule has 6 rings (SSSR count). The molecule has 1 aromatic rings. The summed E-state index contributed by atoms with van der Waals surface area (Å²) < 4.78 is 17.8. The molecule has 6 atom stereocenters. The summed E-state index contributed by atoms with van der Waals surface area (Å²) in [5, 5.41) is 11.7. The minimum atomic E-state index is -0.372. The number of piperidine rings is 1. The Morgan fingerprint density at radius 2 is 1.87 bits per heavy atom. The zero-order valence-electron chi connectivity index (χ0n) is 23.6. The summed E-state index contributed by atoms with van der Waals surface area (Å²) in [5.74, 6) is 3.54. The summed E-state index contributed by atoms with van der Waals surface area (Å²) in [6.45, 7) is 4.87. The van der Waals surface area contributed by atoms with Gasteiger partial charge in [-0.3, -0.25) is 4.90 Å². The predicted octanol–water partition coefficient (Wildman–Crippen LogP) is 5.88. The van der Waals surface area contributed by atoms with Crippen molar-refractivity contribution in [1.82, 2.24) is 4.90 Å². The predicted molar refractivity (Wildman–Crippen MR) is 149 cm³/mol. The molecule has 1 saturated carbocycles. The second kappa shape index (κ2) is 11.1. The number of fused-ring (bicyclic) bond motifs is 3. The first-order valence-electron chi connectivity index (χ1n) is 15.0. The van der Waals surface area contributed by atoms with Crippen LogP contribution in [0.3, 0.4) is 0 Å². The standard InChI is InChI=1S/C33H43NO5/c1-20-29-26-18-24(16-22-10-5-4-6-11-22)17-25(27(35)19-23-12-7-8-13-23)34(26)15-9-14-28(29)38-31(20)32-30(37-3)21(2)33(36)39-32/h4-6,10-11,14,20,23-27,29,35H,7-9,12-13,15-19H2,1-3H3. The molecule has 0 bridgehead atoms. The fourth-order valence-electron chi connectivity index (χ4n) is 8.11. The van der Waals surface area contributed by atoms with Crippen LogP contribution in [0.15, 0.2) is 65.0 Å². The normalized spacial score (nSPS) is 34.2. The molecule has 0 aromatic heterocycles. The molecule has 6 heteroatoms. The lowest BCUT2D eigenvalue weighted by atomic mass is 9.73. The van der Waals surface area contributed by atoms with Gasteiger partial charge in [0.1, 0.15) is 5.76 Å². The van der Waals surface area contributed by atoms with Crippen molar-refractivity contribution in [3.05, 3.63) is 70.6 Å². The second-order valence-corrected chi connectivity index (χ2v) is 12.4. The largest absolute Gasteiger partial charge is 0.492 e. The number of ether oxygens (including phenoxy) is 3. The molecule has 210 valence electrons. The summed E-state index contributed by atoms with van der Waals surface area (Å²) >= 11 is 0. The first-order chi connectivity index (χ1) is 18.9. The summed E-state index contributed by atoms with van der Waals surface area (Å²) in [7, 11) is 1.58. The molecule has 1 aliphatic carbocycles. The van der Waals surface area contributed by atoms with Gasteiger partial charge in [-0.25, -0.2) is 4.79 Å². The van der Waals surface area contributed by atoms with Crippen LogP contribution in [0, 0.1) is 23.7 Å². The number of carbonyl (C=O) groups excluding carboxylic acids is 1. The maximum Gasteiger partial charge on any atom is 0.343 e. The first-order valence-corrected chi connectivity index (χ1v) is 15.0. The summed E-state index contributed by atoms with van der Waals surface area (Å²) in [4.78, 5) is 15.0. The summed E-state index contributed by atoms with van der Waals surface area (Å²) in [5.41, 5.74) is 1.85. The van der Waals surface area contributed by atoms with Gasteiger partial charge in [0.2, 0.25) is 5.76 Å². The van der Waals surface area contributed by atoms with Gasteiger partial charge < -0.3 is 19.3 Å². The molecule has 0 spiro atoms. The highest BCUT2D eigenvalue weighted by atomic mass is 16.6. The number of methoxy groups -OCH3 is 1. The van der Waals surface area contributed by atoms with Crippen LogP contribution >= 0.6 is 0 Å². The van der Waals surface area contributed by atoms with E-state index in [0.717, 1.165) is 44.4 Å². The van der Waals surface area contributed by atoms with Gasteiger partial charge in [-0.1, -0.05) is 62.9 Å². The molecule has 4 aliphatic heterocycles. The van der Waals surface area contributed by atoms with E-state index < -0.39 is 0 Å². The third kappa shape index (κ3) is 5.06. The van der Waals surface area contributed by atoms with Crippen molar-refractivity contribution in [2.45, 2.75) is 89.8 Å². The van der Waals surface area contributed by atoms with Crippen molar-refractivity contribution in [2.75, 3.05) is 13.7 Å². The molecule has 1 aromatic carbocycles. The molecule has 4 heterocycles. The number of nitrogens with zero attached hydrogens (tertiary/aromatic N) is 1. The Morgan fingerprint density at radius 1 is 1.10 bits per heavy atom. The topological polar surface area (TPSA) is 68.2 Å². The minimum Gasteiger partial charge on any atom is -0.492 e. The number of aliphatic hydroxyl groups excluding tert-OH is 1. The molecule has 3 fully saturated rings. The maximum absolute atomic E-state index is 12.4. The van der Waals surface area contributed by atoms with Crippen LogP contribution in [-0.4, -0.2) is 47.8 Å². The molecule has 1 N–H and O–H groups in total. The van der Waals surface area contributed by atoms with E-state index in [1.54, 1.807) is 14.0 Å². The van der Waals surface area contributed by atoms with Crippen LogP contribution < -0.4 is 0 Å². The molecule has 6 nitrogen and oxygen atoms in total. The van der Waals surface area contributed by atoms with Gasteiger partial charge in [0.05, 0.1) is 18.8 Å². The number of benzene rings is 1. The van der Waals surface area contributed by atoms with Gasteiger partial charge in [0.25, 0.3) is 0 Å². The van der Waals surface area contributed by atoms with Crippen molar-refractivity contribution in [3.63, 3.8) is 0 Å². The number of aliphatic hydroxyl groups is 1. The molecule has 0 amide bonds. The van der Waals surface area contributed by atoms with E-state index in [9.17, 15) is 9.90 Å². The van der Waals surface area contributed by atoms with Gasteiger partial charge in [0, 0.05) is 30.5 Å². The average Bonchev–Trinajstić information content (AvgIpc) is 3.59. The van der Waals surface area contributed by atoms with E-state index in [1.165, 1.54) is 31.2 Å². The van der Waals surface area contributed by atoms with Crippen LogP contribution in [-0.2, 0) is 25.4 Å². The molecule has 39 heavy (non-hydrogen) atoms. The van der Waals surface area contributed by atoms with Crippen LogP contribution in [0.25, 0.3) is 0 Å². The van der Waals surface area contributed by atoms with Gasteiger partial charge in [0.15, 0.2) is 11.5 Å². The fraction of sp³-hybridized carbons (Fsp3) is 0.606. The molecule has 2 saturated heterocycles. The average molecular weight is 534 g/mol. The Kier molecular flexibility index (Phi) is 7.60.